The van der Waals surface area contributed by atoms with E-state index in [0.717, 1.165) is 10.5 Å². The first-order chi connectivity index (χ1) is 11.6. The molecule has 0 radical (unpaired) electrons. The van der Waals surface area contributed by atoms with Crippen LogP contribution in [0.25, 0.3) is 0 Å². The summed E-state index contributed by atoms with van der Waals surface area (Å²) in [6.07, 6.45) is 0. The summed E-state index contributed by atoms with van der Waals surface area (Å²) in [6, 6.07) is 5.50. The third-order valence-corrected chi connectivity index (χ3v) is 3.38. The van der Waals surface area contributed by atoms with Crippen molar-refractivity contribution in [2.45, 2.75) is 32.9 Å². The maximum atomic E-state index is 12.1. The van der Waals surface area contributed by atoms with Crippen LogP contribution in [-0.4, -0.2) is 51.7 Å². The Hall–Kier alpha value is -2.28. The molecule has 0 heterocycles. The lowest BCUT2D eigenvalue weighted by Gasteiger charge is -2.21. The molecule has 0 fully saturated rings. The van der Waals surface area contributed by atoms with Crippen molar-refractivity contribution in [3.63, 3.8) is 0 Å². The zero-order valence-corrected chi connectivity index (χ0v) is 16.0. The lowest BCUT2D eigenvalue weighted by molar-refractivity contribution is -0.862. The van der Waals surface area contributed by atoms with E-state index in [1.807, 2.05) is 40.0 Å². The van der Waals surface area contributed by atoms with Gasteiger partial charge in [-0.3, -0.25) is 9.59 Å². The second kappa shape index (κ2) is 9.27. The fourth-order valence-corrected chi connectivity index (χ4v) is 2.33. The van der Waals surface area contributed by atoms with Gasteiger partial charge >= 0.3 is 0 Å². The lowest BCUT2D eigenvalue weighted by Crippen LogP contribution is -3.11. The van der Waals surface area contributed by atoms with Crippen LogP contribution in [0.3, 0.4) is 0 Å². The summed E-state index contributed by atoms with van der Waals surface area (Å²) in [4.78, 5) is 24.7. The molecule has 0 aliphatic heterocycles. The van der Waals surface area contributed by atoms with Gasteiger partial charge in [0.1, 0.15) is 0 Å². The van der Waals surface area contributed by atoms with Crippen LogP contribution in [0.15, 0.2) is 18.2 Å². The van der Waals surface area contributed by atoms with Crippen molar-refractivity contribution in [2.75, 3.05) is 34.4 Å². The molecule has 1 atom stereocenters. The summed E-state index contributed by atoms with van der Waals surface area (Å²) < 4.78 is 10.4. The molecule has 25 heavy (non-hydrogen) atoms. The molecule has 2 amide bonds. The second-order valence-electron chi connectivity index (χ2n) is 7.07. The van der Waals surface area contributed by atoms with Crippen molar-refractivity contribution >= 4 is 11.8 Å². The summed E-state index contributed by atoms with van der Waals surface area (Å²) in [5.74, 6) is 1.08. The van der Waals surface area contributed by atoms with Gasteiger partial charge in [0.05, 0.1) is 21.3 Å². The van der Waals surface area contributed by atoms with Gasteiger partial charge < -0.3 is 25.0 Å². The van der Waals surface area contributed by atoms with E-state index >= 15 is 0 Å². The van der Waals surface area contributed by atoms with Crippen LogP contribution < -0.4 is 25.0 Å². The monoisotopic (exact) mass is 352 g/mol. The van der Waals surface area contributed by atoms with Gasteiger partial charge in [0.15, 0.2) is 24.6 Å². The molecule has 0 spiro atoms. The van der Waals surface area contributed by atoms with Gasteiger partial charge in [0.25, 0.3) is 11.8 Å². The highest BCUT2D eigenvalue weighted by Crippen LogP contribution is 2.27. The van der Waals surface area contributed by atoms with Gasteiger partial charge in [-0.05, 0) is 38.5 Å². The molecule has 1 unspecified atom stereocenters. The Morgan fingerprint density at radius 3 is 2.20 bits per heavy atom. The van der Waals surface area contributed by atoms with Crippen LogP contribution in [0.4, 0.5) is 0 Å². The molecule has 0 saturated carbocycles. The van der Waals surface area contributed by atoms with Crippen molar-refractivity contribution < 1.29 is 24.0 Å². The molecule has 0 saturated heterocycles. The number of hydrogen-bond donors (Lipinski definition) is 3. The Kier molecular flexibility index (Phi) is 7.70. The lowest BCUT2D eigenvalue weighted by atomic mass is 10.1. The Morgan fingerprint density at radius 1 is 1.04 bits per heavy atom. The highest BCUT2D eigenvalue weighted by Gasteiger charge is 2.18. The molecular formula is C18H30N3O4+. The van der Waals surface area contributed by atoms with Crippen molar-refractivity contribution in [3.05, 3.63) is 23.8 Å². The number of ether oxygens (including phenoxy) is 2. The number of rotatable bonds is 8. The van der Waals surface area contributed by atoms with Crippen LogP contribution in [0.5, 0.6) is 11.5 Å². The van der Waals surface area contributed by atoms with E-state index in [9.17, 15) is 9.59 Å². The number of quaternary nitrogens is 1. The summed E-state index contributed by atoms with van der Waals surface area (Å²) in [5.41, 5.74) is 0.640. The minimum absolute atomic E-state index is 0.0716. The van der Waals surface area contributed by atoms with Crippen molar-refractivity contribution in [1.82, 2.24) is 10.6 Å². The zero-order valence-electron chi connectivity index (χ0n) is 16.0. The Morgan fingerprint density at radius 2 is 1.64 bits per heavy atom. The number of carbonyl (C=O) groups excluding carboxylic acids is 2. The van der Waals surface area contributed by atoms with E-state index in [0.29, 0.717) is 18.0 Å². The minimum Gasteiger partial charge on any atom is -0.493 e. The topological polar surface area (TPSA) is 81.1 Å². The van der Waals surface area contributed by atoms with Crippen LogP contribution in [0, 0.1) is 0 Å². The number of hydrogen-bond acceptors (Lipinski definition) is 4. The summed E-state index contributed by atoms with van der Waals surface area (Å²) in [6.45, 7) is 6.65. The minimum atomic E-state index is -0.271. The van der Waals surface area contributed by atoms with E-state index < -0.39 is 0 Å². The standard InChI is InChI=1S/C18H29N3O4/c1-18(2,3)20-17(23)12-21(4)11-16(22)19-10-13-7-8-14(24-5)15(9-13)25-6/h7-9H,10-12H2,1-6H3,(H,19,22)(H,20,23)/p+1. The van der Waals surface area contributed by atoms with Crippen LogP contribution in [0.2, 0.25) is 0 Å². The first kappa shape index (κ1) is 20.8. The highest BCUT2D eigenvalue weighted by atomic mass is 16.5. The third kappa shape index (κ3) is 7.89. The highest BCUT2D eigenvalue weighted by molar-refractivity contribution is 5.79. The smallest absolute Gasteiger partial charge is 0.275 e. The predicted octanol–water partition coefficient (Wildman–Crippen LogP) is -0.251. The maximum Gasteiger partial charge on any atom is 0.275 e. The molecule has 0 aliphatic rings. The Balaban J connectivity index is 2.45. The summed E-state index contributed by atoms with van der Waals surface area (Å²) >= 11 is 0. The van der Waals surface area contributed by atoms with E-state index in [1.54, 1.807) is 20.3 Å². The molecule has 1 rings (SSSR count). The molecule has 0 bridgehead atoms. The summed E-state index contributed by atoms with van der Waals surface area (Å²) in [7, 11) is 4.97. The second-order valence-corrected chi connectivity index (χ2v) is 7.07. The van der Waals surface area contributed by atoms with Gasteiger partial charge in [0, 0.05) is 12.1 Å². The molecule has 7 nitrogen and oxygen atoms in total. The van der Waals surface area contributed by atoms with E-state index in [4.69, 9.17) is 9.47 Å². The summed E-state index contributed by atoms with van der Waals surface area (Å²) in [5, 5.41) is 5.74. The fourth-order valence-electron chi connectivity index (χ4n) is 2.33. The van der Waals surface area contributed by atoms with E-state index in [1.165, 1.54) is 0 Å². The SMILES string of the molecule is COc1ccc(CNC(=O)C[NH+](C)CC(=O)NC(C)(C)C)cc1OC. The Bertz CT molecular complexity index is 596. The molecule has 0 aromatic heterocycles. The van der Waals surface area contributed by atoms with E-state index in [2.05, 4.69) is 10.6 Å². The molecular weight excluding hydrogens is 322 g/mol. The first-order valence-electron chi connectivity index (χ1n) is 8.24. The fraction of sp³-hybridized carbons (Fsp3) is 0.556. The number of amides is 2. The van der Waals surface area contributed by atoms with Crippen molar-refractivity contribution in [2.24, 2.45) is 0 Å². The van der Waals surface area contributed by atoms with Gasteiger partial charge in [0.2, 0.25) is 0 Å². The first-order valence-corrected chi connectivity index (χ1v) is 8.24. The normalized spacial score (nSPS) is 12.2. The maximum absolute atomic E-state index is 12.1. The van der Waals surface area contributed by atoms with Crippen LogP contribution >= 0.6 is 0 Å². The van der Waals surface area contributed by atoms with Gasteiger partial charge in [-0.25, -0.2) is 0 Å². The molecule has 140 valence electrons. The average Bonchev–Trinajstić information content (AvgIpc) is 2.50. The Labute approximate surface area is 149 Å². The predicted molar refractivity (Wildman–Crippen MR) is 95.9 cm³/mol. The van der Waals surface area contributed by atoms with Gasteiger partial charge in [-0.1, -0.05) is 6.07 Å². The van der Waals surface area contributed by atoms with Gasteiger partial charge in [-0.15, -0.1) is 0 Å². The molecule has 3 N–H and O–H groups in total. The number of carbonyl (C=O) groups is 2. The van der Waals surface area contributed by atoms with E-state index in [-0.39, 0.29) is 30.4 Å². The number of nitrogens with one attached hydrogen (secondary N) is 3. The number of likely N-dealkylation sites (N-methyl/N-ethyl adjacent to an activating group) is 1. The number of benzene rings is 1. The van der Waals surface area contributed by atoms with Crippen LogP contribution in [0.1, 0.15) is 26.3 Å². The van der Waals surface area contributed by atoms with Crippen molar-refractivity contribution in [1.29, 1.82) is 0 Å². The average molecular weight is 352 g/mol. The largest absolute Gasteiger partial charge is 0.493 e. The van der Waals surface area contributed by atoms with Crippen molar-refractivity contribution in [3.8, 4) is 11.5 Å². The molecule has 7 heteroatoms. The third-order valence-electron chi connectivity index (χ3n) is 3.38. The number of methoxy groups -OCH3 is 2. The van der Waals surface area contributed by atoms with Gasteiger partial charge in [-0.2, -0.15) is 0 Å². The molecule has 1 aromatic rings. The molecule has 1 aromatic carbocycles. The van der Waals surface area contributed by atoms with Crippen LogP contribution in [-0.2, 0) is 16.1 Å². The zero-order chi connectivity index (χ0) is 19.0. The quantitative estimate of drug-likeness (QED) is 0.603. The molecule has 0 aliphatic carbocycles.